The standard InChI is InChI=1S/C26H32N2O5/c1-5-27(6-2)12-7-13-28-23(21-10-8-16(3)32-21)22(25(30)26(28)31)24(29)18-9-11-20-19(15-18)14-17(4)33-20/h8-11,15,17,23,29H,5-7,12-14H2,1-4H3/b24-22+/t17-,23+/m0/s1. The first-order valence-electron chi connectivity index (χ1n) is 11.7. The van der Waals surface area contributed by atoms with Crippen LogP contribution in [0.1, 0.15) is 55.9 Å². The second kappa shape index (κ2) is 9.43. The molecule has 1 saturated heterocycles. The predicted octanol–water partition coefficient (Wildman–Crippen LogP) is 4.07. The van der Waals surface area contributed by atoms with E-state index in [1.165, 1.54) is 4.90 Å². The van der Waals surface area contributed by atoms with Gasteiger partial charge in [0.05, 0.1) is 5.57 Å². The molecule has 176 valence electrons. The number of furan rings is 1. The van der Waals surface area contributed by atoms with Crippen molar-refractivity contribution in [3.63, 3.8) is 0 Å². The average molecular weight is 453 g/mol. The van der Waals surface area contributed by atoms with Crippen molar-refractivity contribution < 1.29 is 23.8 Å². The molecule has 1 N–H and O–H groups in total. The van der Waals surface area contributed by atoms with E-state index in [0.29, 0.717) is 23.6 Å². The minimum Gasteiger partial charge on any atom is -0.507 e. The lowest BCUT2D eigenvalue weighted by Gasteiger charge is -2.25. The van der Waals surface area contributed by atoms with Gasteiger partial charge in [-0.15, -0.1) is 0 Å². The summed E-state index contributed by atoms with van der Waals surface area (Å²) < 4.78 is 11.6. The van der Waals surface area contributed by atoms with Gasteiger partial charge in [-0.25, -0.2) is 0 Å². The summed E-state index contributed by atoms with van der Waals surface area (Å²) in [5, 5.41) is 11.2. The van der Waals surface area contributed by atoms with Crippen molar-refractivity contribution in [3.05, 3.63) is 58.6 Å². The molecule has 1 amide bonds. The number of ketones is 1. The molecule has 3 heterocycles. The van der Waals surface area contributed by atoms with Crippen LogP contribution in [0.4, 0.5) is 0 Å². The number of carbonyl (C=O) groups is 2. The van der Waals surface area contributed by atoms with Crippen LogP contribution in [0.2, 0.25) is 0 Å². The zero-order valence-corrected chi connectivity index (χ0v) is 19.8. The molecule has 1 fully saturated rings. The van der Waals surface area contributed by atoms with Gasteiger partial charge in [-0.3, -0.25) is 9.59 Å². The predicted molar refractivity (Wildman–Crippen MR) is 125 cm³/mol. The second-order valence-electron chi connectivity index (χ2n) is 8.78. The fourth-order valence-electron chi connectivity index (χ4n) is 4.74. The van der Waals surface area contributed by atoms with Crippen LogP contribution in [0.5, 0.6) is 5.75 Å². The van der Waals surface area contributed by atoms with E-state index in [1.54, 1.807) is 24.3 Å². The SMILES string of the molecule is CCN(CC)CCCN1C(=O)C(=O)/C(=C(/O)c2ccc3c(c2)C[C@H](C)O3)[C@H]1c1ccc(C)o1. The van der Waals surface area contributed by atoms with Gasteiger partial charge in [0.1, 0.15) is 35.2 Å². The third-order valence-electron chi connectivity index (χ3n) is 6.51. The molecule has 2 aliphatic rings. The summed E-state index contributed by atoms with van der Waals surface area (Å²) in [6, 6.07) is 8.20. The first-order chi connectivity index (χ1) is 15.8. The summed E-state index contributed by atoms with van der Waals surface area (Å²) in [6.07, 6.45) is 1.52. The molecule has 0 aliphatic carbocycles. The van der Waals surface area contributed by atoms with Crippen LogP contribution in [-0.4, -0.2) is 58.9 Å². The van der Waals surface area contributed by atoms with Crippen molar-refractivity contribution in [2.75, 3.05) is 26.2 Å². The first kappa shape index (κ1) is 23.1. The van der Waals surface area contributed by atoms with E-state index >= 15 is 0 Å². The third kappa shape index (κ3) is 4.42. The molecule has 0 bridgehead atoms. The van der Waals surface area contributed by atoms with E-state index in [2.05, 4.69) is 18.7 Å². The Morgan fingerprint density at radius 2 is 1.94 bits per heavy atom. The molecule has 4 rings (SSSR count). The molecule has 2 aromatic rings. The van der Waals surface area contributed by atoms with E-state index in [1.807, 2.05) is 19.9 Å². The summed E-state index contributed by atoms with van der Waals surface area (Å²) in [6.45, 7) is 11.1. The number of Topliss-reactive ketones (excluding diaryl/α,β-unsaturated/α-hetero) is 1. The number of likely N-dealkylation sites (tertiary alicyclic amines) is 1. The fraction of sp³-hybridized carbons (Fsp3) is 0.462. The molecule has 2 atom stereocenters. The van der Waals surface area contributed by atoms with Gasteiger partial charge in [0.2, 0.25) is 0 Å². The molecule has 1 aromatic carbocycles. The van der Waals surface area contributed by atoms with Crippen LogP contribution < -0.4 is 4.74 Å². The van der Waals surface area contributed by atoms with Crippen molar-refractivity contribution >= 4 is 17.4 Å². The Hall–Kier alpha value is -3.06. The number of aryl methyl sites for hydroxylation is 1. The van der Waals surface area contributed by atoms with Crippen molar-refractivity contribution in [1.82, 2.24) is 9.80 Å². The Balaban J connectivity index is 1.70. The molecule has 0 spiro atoms. The maximum absolute atomic E-state index is 13.1. The lowest BCUT2D eigenvalue weighted by Crippen LogP contribution is -2.33. The lowest BCUT2D eigenvalue weighted by molar-refractivity contribution is -0.140. The Morgan fingerprint density at radius 1 is 1.18 bits per heavy atom. The number of hydrogen-bond acceptors (Lipinski definition) is 6. The third-order valence-corrected chi connectivity index (χ3v) is 6.51. The number of aliphatic hydroxyl groups excluding tert-OH is 1. The van der Waals surface area contributed by atoms with Gasteiger partial charge in [0.25, 0.3) is 11.7 Å². The Morgan fingerprint density at radius 3 is 2.61 bits per heavy atom. The Labute approximate surface area is 194 Å². The highest BCUT2D eigenvalue weighted by Gasteiger charge is 2.47. The lowest BCUT2D eigenvalue weighted by atomic mass is 9.97. The number of rotatable bonds is 8. The van der Waals surface area contributed by atoms with Crippen LogP contribution in [0.25, 0.3) is 5.76 Å². The Kier molecular flexibility index (Phi) is 6.61. The van der Waals surface area contributed by atoms with Crippen molar-refractivity contribution in [3.8, 4) is 5.75 Å². The molecule has 0 radical (unpaired) electrons. The zero-order valence-electron chi connectivity index (χ0n) is 19.8. The highest BCUT2D eigenvalue weighted by atomic mass is 16.5. The highest BCUT2D eigenvalue weighted by Crippen LogP contribution is 2.41. The number of aliphatic hydroxyl groups is 1. The normalized spacial score (nSPS) is 21.7. The van der Waals surface area contributed by atoms with Crippen LogP contribution >= 0.6 is 0 Å². The van der Waals surface area contributed by atoms with E-state index in [-0.39, 0.29) is 17.4 Å². The van der Waals surface area contributed by atoms with Gasteiger partial charge in [-0.1, -0.05) is 13.8 Å². The van der Waals surface area contributed by atoms with Crippen LogP contribution in [-0.2, 0) is 16.0 Å². The van der Waals surface area contributed by atoms with Gasteiger partial charge < -0.3 is 24.1 Å². The summed E-state index contributed by atoms with van der Waals surface area (Å²) >= 11 is 0. The van der Waals surface area contributed by atoms with Gasteiger partial charge in [-0.05, 0) is 75.8 Å². The van der Waals surface area contributed by atoms with Crippen LogP contribution in [0.3, 0.4) is 0 Å². The summed E-state index contributed by atoms with van der Waals surface area (Å²) in [4.78, 5) is 30.0. The maximum Gasteiger partial charge on any atom is 0.295 e. The molecule has 7 nitrogen and oxygen atoms in total. The number of benzene rings is 1. The summed E-state index contributed by atoms with van der Waals surface area (Å²) in [5.74, 6) is 0.486. The number of fused-ring (bicyclic) bond motifs is 1. The minimum absolute atomic E-state index is 0.0693. The smallest absolute Gasteiger partial charge is 0.295 e. The molecular weight excluding hydrogens is 420 g/mol. The minimum atomic E-state index is -0.751. The summed E-state index contributed by atoms with van der Waals surface area (Å²) in [5.41, 5.74) is 1.55. The quantitative estimate of drug-likeness (QED) is 0.369. The molecule has 33 heavy (non-hydrogen) atoms. The van der Waals surface area contributed by atoms with Crippen molar-refractivity contribution in [2.45, 2.75) is 52.7 Å². The number of carbonyl (C=O) groups excluding carboxylic acids is 2. The molecule has 7 heteroatoms. The number of nitrogens with zero attached hydrogens (tertiary/aromatic N) is 2. The molecular formula is C26H32N2O5. The largest absolute Gasteiger partial charge is 0.507 e. The maximum atomic E-state index is 13.1. The van der Waals surface area contributed by atoms with Gasteiger partial charge in [-0.2, -0.15) is 0 Å². The number of amides is 1. The summed E-state index contributed by atoms with van der Waals surface area (Å²) in [7, 11) is 0. The highest BCUT2D eigenvalue weighted by molar-refractivity contribution is 6.46. The molecule has 0 saturated carbocycles. The second-order valence-corrected chi connectivity index (χ2v) is 8.78. The zero-order chi connectivity index (χ0) is 23.7. The monoisotopic (exact) mass is 452 g/mol. The van der Waals surface area contributed by atoms with E-state index < -0.39 is 17.7 Å². The Bertz CT molecular complexity index is 1080. The van der Waals surface area contributed by atoms with Gasteiger partial charge in [0.15, 0.2) is 0 Å². The number of hydrogen-bond donors (Lipinski definition) is 1. The number of ether oxygens (including phenoxy) is 1. The van der Waals surface area contributed by atoms with Crippen LogP contribution in [0, 0.1) is 6.92 Å². The fourth-order valence-corrected chi connectivity index (χ4v) is 4.74. The van der Waals surface area contributed by atoms with E-state index in [9.17, 15) is 14.7 Å². The van der Waals surface area contributed by atoms with Gasteiger partial charge in [0, 0.05) is 18.5 Å². The van der Waals surface area contributed by atoms with Crippen molar-refractivity contribution in [2.24, 2.45) is 0 Å². The van der Waals surface area contributed by atoms with Crippen molar-refractivity contribution in [1.29, 1.82) is 0 Å². The molecule has 0 unspecified atom stereocenters. The topological polar surface area (TPSA) is 83.2 Å². The first-order valence-corrected chi connectivity index (χ1v) is 11.7. The molecule has 2 aliphatic heterocycles. The van der Waals surface area contributed by atoms with Gasteiger partial charge >= 0.3 is 0 Å². The average Bonchev–Trinajstić information content (AvgIpc) is 3.46. The van der Waals surface area contributed by atoms with E-state index in [0.717, 1.165) is 43.8 Å². The van der Waals surface area contributed by atoms with Crippen LogP contribution in [0.15, 0.2) is 40.3 Å². The van der Waals surface area contributed by atoms with E-state index in [4.69, 9.17) is 9.15 Å². The molecule has 1 aromatic heterocycles.